The Balaban J connectivity index is 0.00000272. The zero-order chi connectivity index (χ0) is 21.3. The van der Waals surface area contributed by atoms with Crippen molar-refractivity contribution >= 4 is 51.8 Å². The molecular weight excluding hydrogens is 425 g/mol. The maximum atomic E-state index is 12.9. The van der Waals surface area contributed by atoms with E-state index in [9.17, 15) is 4.55 Å². The van der Waals surface area contributed by atoms with Crippen LogP contribution < -0.4 is 4.74 Å². The first-order valence-corrected chi connectivity index (χ1v) is 11.3. The van der Waals surface area contributed by atoms with Gasteiger partial charge in [0, 0.05) is 64.0 Å². The van der Waals surface area contributed by atoms with Crippen LogP contribution in [0.4, 0.5) is 0 Å². The summed E-state index contributed by atoms with van der Waals surface area (Å²) in [6.45, 7) is 9.43. The van der Waals surface area contributed by atoms with Crippen LogP contribution in [0.2, 0.25) is 0 Å². The second kappa shape index (κ2) is 10.2. The number of imidazole rings is 1. The third-order valence-corrected chi connectivity index (χ3v) is 6.35. The summed E-state index contributed by atoms with van der Waals surface area (Å²) in [4.78, 5) is 12.1. The summed E-state index contributed by atoms with van der Waals surface area (Å²) in [7, 11) is 0. The molecule has 0 aliphatic carbocycles. The summed E-state index contributed by atoms with van der Waals surface area (Å²) in [5, 5.41) is 0.458. The molecule has 0 unspecified atom stereocenters. The van der Waals surface area contributed by atoms with Gasteiger partial charge in [-0.2, -0.15) is 4.98 Å². The standard InChI is InChI=1S/C22H27N3O4S.Na/c1-14-9-23-19(13-30(26)21-24-17-7-5-6-8-18(17)25-21)15(2)20(14)27-10-16-11-28-22(3,4)29-12-16;/h5-9,16H,10-13H2,1-4H3,(H,24,25);/t30-;/m1./s1. The molecule has 1 N–H and O–H groups in total. The predicted octanol–water partition coefficient (Wildman–Crippen LogP) is 3.28. The predicted molar refractivity (Wildman–Crippen MR) is 121 cm³/mol. The molecule has 0 spiro atoms. The van der Waals surface area contributed by atoms with Gasteiger partial charge in [0.15, 0.2) is 11.5 Å². The molecule has 1 saturated heterocycles. The van der Waals surface area contributed by atoms with Gasteiger partial charge in [0.2, 0.25) is 0 Å². The van der Waals surface area contributed by atoms with Gasteiger partial charge in [-0.3, -0.25) is 9.97 Å². The minimum absolute atomic E-state index is 0. The summed E-state index contributed by atoms with van der Waals surface area (Å²) in [5.41, 5.74) is 4.27. The van der Waals surface area contributed by atoms with Crippen molar-refractivity contribution in [1.82, 2.24) is 15.0 Å². The molecule has 3 aromatic rings. The van der Waals surface area contributed by atoms with E-state index in [1.807, 2.05) is 52.0 Å². The van der Waals surface area contributed by atoms with Gasteiger partial charge in [0.05, 0.1) is 36.5 Å². The van der Waals surface area contributed by atoms with E-state index in [0.29, 0.717) is 25.0 Å². The van der Waals surface area contributed by atoms with Crippen molar-refractivity contribution in [1.29, 1.82) is 0 Å². The van der Waals surface area contributed by atoms with Crippen molar-refractivity contribution < 1.29 is 18.8 Å². The van der Waals surface area contributed by atoms with Gasteiger partial charge in [-0.05, 0) is 39.8 Å². The van der Waals surface area contributed by atoms with Crippen LogP contribution in [0.1, 0.15) is 30.7 Å². The molecule has 1 radical (unpaired) electrons. The van der Waals surface area contributed by atoms with Crippen LogP contribution in [0.3, 0.4) is 0 Å². The zero-order valence-electron chi connectivity index (χ0n) is 18.7. The van der Waals surface area contributed by atoms with E-state index >= 15 is 0 Å². The SMILES string of the molecule is Cc1cnc(C[S@@+]([O-])c2nc3ccccc3[nH]2)c(C)c1OCC1COC(C)(C)OC1.[Na]. The Labute approximate surface area is 207 Å². The number of nitrogens with zero attached hydrogens (tertiary/aromatic N) is 2. The van der Waals surface area contributed by atoms with Crippen LogP contribution in [0.5, 0.6) is 5.75 Å². The molecule has 0 amide bonds. The number of benzene rings is 1. The molecular formula is C22H27N3NaO4S. The van der Waals surface area contributed by atoms with E-state index in [4.69, 9.17) is 14.2 Å². The Hall–Kier alpha value is -1.13. The van der Waals surface area contributed by atoms with Gasteiger partial charge >= 0.3 is 5.16 Å². The van der Waals surface area contributed by atoms with Gasteiger partial charge in [-0.25, -0.2) is 0 Å². The number of fused-ring (bicyclic) bond motifs is 1. The van der Waals surface area contributed by atoms with E-state index in [-0.39, 0.29) is 41.2 Å². The molecule has 2 aromatic heterocycles. The first-order valence-electron chi connectivity index (χ1n) is 10.0. The van der Waals surface area contributed by atoms with Crippen LogP contribution in [0, 0.1) is 19.8 Å². The van der Waals surface area contributed by atoms with E-state index in [0.717, 1.165) is 33.6 Å². The molecule has 31 heavy (non-hydrogen) atoms. The van der Waals surface area contributed by atoms with Crippen molar-refractivity contribution in [2.75, 3.05) is 19.8 Å². The fourth-order valence-corrected chi connectivity index (χ4v) is 4.48. The van der Waals surface area contributed by atoms with Crippen LogP contribution in [0.25, 0.3) is 11.0 Å². The molecule has 3 heterocycles. The summed E-state index contributed by atoms with van der Waals surface area (Å²) < 4.78 is 30.5. The van der Waals surface area contributed by atoms with Crippen LogP contribution in [-0.4, -0.2) is 74.7 Å². The average molecular weight is 453 g/mol. The fourth-order valence-electron chi connectivity index (χ4n) is 3.38. The van der Waals surface area contributed by atoms with Gasteiger partial charge in [0.1, 0.15) is 5.75 Å². The Bertz CT molecular complexity index is 1000. The number of ether oxygens (including phenoxy) is 3. The zero-order valence-corrected chi connectivity index (χ0v) is 21.5. The van der Waals surface area contributed by atoms with Crippen molar-refractivity contribution in [3.05, 3.63) is 47.3 Å². The smallest absolute Gasteiger partial charge is 0.322 e. The average Bonchev–Trinajstić information content (AvgIpc) is 3.15. The third kappa shape index (κ3) is 5.82. The van der Waals surface area contributed by atoms with E-state index in [1.165, 1.54) is 0 Å². The Morgan fingerprint density at radius 3 is 2.65 bits per heavy atom. The number of H-pyrrole nitrogens is 1. The molecule has 1 aliphatic heterocycles. The quantitative estimate of drug-likeness (QED) is 0.456. The number of hydrogen-bond acceptors (Lipinski definition) is 6. The van der Waals surface area contributed by atoms with Crippen molar-refractivity contribution in [3.8, 4) is 5.75 Å². The van der Waals surface area contributed by atoms with Crippen molar-refractivity contribution in [2.45, 2.75) is 44.4 Å². The number of pyridine rings is 1. The second-order valence-electron chi connectivity index (χ2n) is 8.09. The van der Waals surface area contributed by atoms with E-state index in [2.05, 4.69) is 15.0 Å². The van der Waals surface area contributed by atoms with Gasteiger partial charge < -0.3 is 18.8 Å². The molecule has 1 fully saturated rings. The summed E-state index contributed by atoms with van der Waals surface area (Å²) in [6, 6.07) is 7.65. The largest absolute Gasteiger partial charge is 0.609 e. The number of aryl methyl sites for hydroxylation is 1. The Morgan fingerprint density at radius 1 is 1.23 bits per heavy atom. The summed E-state index contributed by atoms with van der Waals surface area (Å²) in [5.74, 6) is 0.684. The number of hydrogen-bond donors (Lipinski definition) is 1. The van der Waals surface area contributed by atoms with Crippen molar-refractivity contribution in [2.24, 2.45) is 5.92 Å². The van der Waals surface area contributed by atoms with Gasteiger partial charge in [-0.1, -0.05) is 12.1 Å². The maximum absolute atomic E-state index is 12.9. The first-order chi connectivity index (χ1) is 14.3. The van der Waals surface area contributed by atoms with Crippen LogP contribution >= 0.6 is 0 Å². The van der Waals surface area contributed by atoms with Gasteiger partial charge in [-0.15, -0.1) is 0 Å². The number of nitrogens with one attached hydrogen (secondary N) is 1. The number of para-hydroxylation sites is 2. The minimum Gasteiger partial charge on any atom is -0.609 e. The maximum Gasteiger partial charge on any atom is 0.322 e. The molecule has 0 saturated carbocycles. The molecule has 4 rings (SSSR count). The Kier molecular flexibility index (Phi) is 8.07. The van der Waals surface area contributed by atoms with Crippen LogP contribution in [-0.2, 0) is 26.4 Å². The summed E-state index contributed by atoms with van der Waals surface area (Å²) in [6.07, 6.45) is 1.77. The normalized spacial score (nSPS) is 17.3. The molecule has 9 heteroatoms. The van der Waals surface area contributed by atoms with E-state index < -0.39 is 17.0 Å². The molecule has 0 bridgehead atoms. The molecule has 161 valence electrons. The summed E-state index contributed by atoms with van der Waals surface area (Å²) >= 11 is -1.33. The minimum atomic E-state index is -1.33. The molecule has 7 nitrogen and oxygen atoms in total. The van der Waals surface area contributed by atoms with Crippen molar-refractivity contribution in [3.63, 3.8) is 0 Å². The molecule has 1 atom stereocenters. The topological polar surface area (TPSA) is 92.3 Å². The van der Waals surface area contributed by atoms with Gasteiger partial charge in [0.25, 0.3) is 0 Å². The number of aromatic nitrogens is 3. The molecule has 1 aromatic carbocycles. The second-order valence-corrected chi connectivity index (χ2v) is 9.46. The fraction of sp³-hybridized carbons (Fsp3) is 0.455. The van der Waals surface area contributed by atoms with Crippen LogP contribution in [0.15, 0.2) is 35.6 Å². The number of rotatable bonds is 6. The Morgan fingerprint density at radius 2 is 1.94 bits per heavy atom. The van der Waals surface area contributed by atoms with E-state index in [1.54, 1.807) is 6.20 Å². The third-order valence-electron chi connectivity index (χ3n) is 5.19. The number of aromatic amines is 1. The molecule has 1 aliphatic rings. The first kappa shape index (κ1) is 24.5. The monoisotopic (exact) mass is 452 g/mol.